The van der Waals surface area contributed by atoms with Crippen LogP contribution in [0.1, 0.15) is 29.6 Å². The number of rotatable bonds is 6. The zero-order valence-corrected chi connectivity index (χ0v) is 13.4. The van der Waals surface area contributed by atoms with Crippen molar-refractivity contribution in [2.45, 2.75) is 33.4 Å². The minimum Gasteiger partial charge on any atom is -0.357 e. The molecule has 114 valence electrons. The van der Waals surface area contributed by atoms with Gasteiger partial charge < -0.3 is 15.2 Å². The molecule has 0 amide bonds. The maximum Gasteiger partial charge on any atom is 0.192 e. The van der Waals surface area contributed by atoms with E-state index in [9.17, 15) is 0 Å². The Bertz CT molecular complexity index is 587. The van der Waals surface area contributed by atoms with Crippen molar-refractivity contribution in [1.82, 2.24) is 30.4 Å². The smallest absolute Gasteiger partial charge is 0.192 e. The minimum atomic E-state index is 0.490. The third-order valence-electron chi connectivity index (χ3n) is 2.88. The molecule has 0 aliphatic rings. The molecule has 8 heteroatoms. The number of aryl methyl sites for hydroxylation is 2. The molecule has 2 aromatic rings. The van der Waals surface area contributed by atoms with E-state index in [0.29, 0.717) is 13.1 Å². The van der Waals surface area contributed by atoms with E-state index in [2.05, 4.69) is 37.7 Å². The highest BCUT2D eigenvalue weighted by Gasteiger charge is 2.04. The molecule has 0 atom stereocenters. The van der Waals surface area contributed by atoms with E-state index in [4.69, 9.17) is 0 Å². The van der Waals surface area contributed by atoms with E-state index in [1.807, 2.05) is 24.7 Å². The largest absolute Gasteiger partial charge is 0.357 e. The van der Waals surface area contributed by atoms with Crippen molar-refractivity contribution in [1.29, 1.82) is 0 Å². The second-order valence-corrected chi connectivity index (χ2v) is 5.68. The third-order valence-corrected chi connectivity index (χ3v) is 4.03. The Kier molecular flexibility index (Phi) is 5.68. The summed E-state index contributed by atoms with van der Waals surface area (Å²) in [5.74, 6) is 1.59. The fraction of sp³-hybridized carbons (Fsp3) is 0.538. The molecule has 2 heterocycles. The number of guanidine groups is 1. The van der Waals surface area contributed by atoms with Crippen molar-refractivity contribution in [3.05, 3.63) is 28.2 Å². The van der Waals surface area contributed by atoms with Gasteiger partial charge in [-0.3, -0.25) is 0 Å². The number of nitrogens with zero attached hydrogens (tertiary/aromatic N) is 5. The van der Waals surface area contributed by atoms with Crippen molar-refractivity contribution in [3.63, 3.8) is 0 Å². The Morgan fingerprint density at radius 3 is 2.86 bits per heavy atom. The van der Waals surface area contributed by atoms with Crippen molar-refractivity contribution >= 4 is 17.3 Å². The van der Waals surface area contributed by atoms with E-state index >= 15 is 0 Å². The van der Waals surface area contributed by atoms with Crippen LogP contribution in [0.3, 0.4) is 0 Å². The number of aromatic nitrogens is 4. The van der Waals surface area contributed by atoms with Crippen molar-refractivity contribution < 1.29 is 0 Å². The molecule has 7 nitrogen and oxygen atoms in total. The first-order chi connectivity index (χ1) is 10.2. The maximum atomic E-state index is 4.51. The zero-order valence-electron chi connectivity index (χ0n) is 12.6. The lowest BCUT2D eigenvalue weighted by atomic mass is 10.4. The van der Waals surface area contributed by atoms with Crippen molar-refractivity contribution in [2.75, 3.05) is 6.54 Å². The normalized spacial score (nSPS) is 11.7. The molecule has 0 unspecified atom stereocenters. The maximum absolute atomic E-state index is 4.51. The van der Waals surface area contributed by atoms with Crippen LogP contribution in [0.4, 0.5) is 0 Å². The van der Waals surface area contributed by atoms with Gasteiger partial charge in [0.2, 0.25) is 0 Å². The van der Waals surface area contributed by atoms with Gasteiger partial charge in [0.25, 0.3) is 0 Å². The first-order valence-electron chi connectivity index (χ1n) is 7.01. The highest BCUT2D eigenvalue weighted by molar-refractivity contribution is 7.11. The Morgan fingerprint density at radius 1 is 1.38 bits per heavy atom. The number of aliphatic imine (C=N–C) groups is 1. The van der Waals surface area contributed by atoms with Gasteiger partial charge in [0, 0.05) is 24.7 Å². The zero-order chi connectivity index (χ0) is 15.1. The first kappa shape index (κ1) is 15.4. The molecule has 0 bridgehead atoms. The monoisotopic (exact) mass is 307 g/mol. The number of nitrogens with one attached hydrogen (secondary N) is 2. The van der Waals surface area contributed by atoms with Crippen LogP contribution in [0.5, 0.6) is 0 Å². The van der Waals surface area contributed by atoms with Crippen LogP contribution < -0.4 is 10.6 Å². The van der Waals surface area contributed by atoms with E-state index in [0.717, 1.165) is 29.8 Å². The fourth-order valence-corrected chi connectivity index (χ4v) is 2.50. The van der Waals surface area contributed by atoms with Gasteiger partial charge in [0.05, 0.1) is 6.54 Å². The Morgan fingerprint density at radius 2 is 2.24 bits per heavy atom. The van der Waals surface area contributed by atoms with Gasteiger partial charge in [-0.25, -0.2) is 9.98 Å². The third kappa shape index (κ3) is 4.52. The van der Waals surface area contributed by atoms with Gasteiger partial charge in [-0.05, 0) is 13.3 Å². The summed E-state index contributed by atoms with van der Waals surface area (Å²) >= 11 is 1.73. The molecule has 21 heavy (non-hydrogen) atoms. The number of hydrogen-bond donors (Lipinski definition) is 2. The predicted molar refractivity (Wildman–Crippen MR) is 84.2 cm³/mol. The Balaban J connectivity index is 1.93. The lowest BCUT2D eigenvalue weighted by Crippen LogP contribution is -2.36. The molecule has 0 fully saturated rings. The molecule has 2 N–H and O–H groups in total. The van der Waals surface area contributed by atoms with E-state index in [1.165, 1.54) is 4.88 Å². The van der Waals surface area contributed by atoms with Gasteiger partial charge in [-0.2, -0.15) is 0 Å². The second kappa shape index (κ2) is 7.72. The summed E-state index contributed by atoms with van der Waals surface area (Å²) in [6.07, 6.45) is 4.64. The summed E-state index contributed by atoms with van der Waals surface area (Å²) in [5, 5.41) is 15.4. The average Bonchev–Trinajstić information content (AvgIpc) is 3.11. The highest BCUT2D eigenvalue weighted by Crippen LogP contribution is 2.12. The van der Waals surface area contributed by atoms with Crippen LogP contribution in [0.15, 0.2) is 17.5 Å². The summed E-state index contributed by atoms with van der Waals surface area (Å²) < 4.78 is 1.86. The molecule has 0 aliphatic carbocycles. The van der Waals surface area contributed by atoms with Crippen LogP contribution in [0.25, 0.3) is 0 Å². The van der Waals surface area contributed by atoms with Gasteiger partial charge in [0.1, 0.15) is 17.9 Å². The van der Waals surface area contributed by atoms with Gasteiger partial charge in [0.15, 0.2) is 11.8 Å². The fourth-order valence-electron chi connectivity index (χ4n) is 1.69. The Labute approximate surface area is 128 Å². The van der Waals surface area contributed by atoms with Crippen molar-refractivity contribution in [3.8, 4) is 0 Å². The molecule has 2 aromatic heterocycles. The number of hydrogen-bond acceptors (Lipinski definition) is 5. The summed E-state index contributed by atoms with van der Waals surface area (Å²) in [6, 6.07) is 0. The van der Waals surface area contributed by atoms with Gasteiger partial charge in [-0.1, -0.05) is 6.92 Å². The lowest BCUT2D eigenvalue weighted by molar-refractivity contribution is 0.766. The predicted octanol–water partition coefficient (Wildman–Crippen LogP) is 1.09. The average molecular weight is 307 g/mol. The van der Waals surface area contributed by atoms with Crippen LogP contribution in [0, 0.1) is 0 Å². The highest BCUT2D eigenvalue weighted by atomic mass is 32.1. The molecule has 2 rings (SSSR count). The first-order valence-corrected chi connectivity index (χ1v) is 7.83. The van der Waals surface area contributed by atoms with E-state index in [1.54, 1.807) is 17.7 Å². The molecular formula is C13H21N7S. The van der Waals surface area contributed by atoms with E-state index in [-0.39, 0.29) is 0 Å². The SMILES string of the molecule is CCNC(=NCc1nncn1C)NCc1ncc(CC)s1. The topological polar surface area (TPSA) is 80.0 Å². The molecular weight excluding hydrogens is 286 g/mol. The summed E-state index contributed by atoms with van der Waals surface area (Å²) in [7, 11) is 1.91. The summed E-state index contributed by atoms with van der Waals surface area (Å²) in [4.78, 5) is 10.2. The van der Waals surface area contributed by atoms with Gasteiger partial charge >= 0.3 is 0 Å². The minimum absolute atomic E-state index is 0.490. The van der Waals surface area contributed by atoms with Crippen LogP contribution in [0.2, 0.25) is 0 Å². The van der Waals surface area contributed by atoms with Crippen LogP contribution in [-0.4, -0.2) is 32.3 Å². The van der Waals surface area contributed by atoms with E-state index < -0.39 is 0 Å². The summed E-state index contributed by atoms with van der Waals surface area (Å²) in [5.41, 5.74) is 0. The van der Waals surface area contributed by atoms with Gasteiger partial charge in [-0.15, -0.1) is 21.5 Å². The molecule has 0 saturated carbocycles. The standard InChI is InChI=1S/C13H21N7S/c1-4-10-6-15-12(21-10)8-17-13(14-5-2)16-7-11-19-18-9-20(11)3/h6,9H,4-5,7-8H2,1-3H3,(H2,14,16,17). The molecule has 0 radical (unpaired) electrons. The van der Waals surface area contributed by atoms with Crippen LogP contribution >= 0.6 is 11.3 Å². The Hall–Kier alpha value is -1.96. The molecule has 0 aliphatic heterocycles. The molecule has 0 aromatic carbocycles. The second-order valence-electron chi connectivity index (χ2n) is 4.48. The van der Waals surface area contributed by atoms with Crippen LogP contribution in [-0.2, 0) is 26.6 Å². The molecule has 0 saturated heterocycles. The number of thiazole rings is 1. The summed E-state index contributed by atoms with van der Waals surface area (Å²) in [6.45, 7) is 6.15. The molecule has 0 spiro atoms. The lowest BCUT2D eigenvalue weighted by Gasteiger charge is -2.09. The van der Waals surface area contributed by atoms with Crippen molar-refractivity contribution in [2.24, 2.45) is 12.0 Å². The quantitative estimate of drug-likeness (QED) is 0.617.